The summed E-state index contributed by atoms with van der Waals surface area (Å²) in [5.41, 5.74) is 1.04. The summed E-state index contributed by atoms with van der Waals surface area (Å²) in [6, 6.07) is 10.0. The molecule has 1 aromatic heterocycles. The lowest BCUT2D eigenvalue weighted by Crippen LogP contribution is -2.39. The lowest BCUT2D eigenvalue weighted by molar-refractivity contribution is 0.0258. The lowest BCUT2D eigenvalue weighted by atomic mass is 10.0. The van der Waals surface area contributed by atoms with Gasteiger partial charge in [0.05, 0.1) is 12.6 Å². The van der Waals surface area contributed by atoms with Crippen LogP contribution in [0.3, 0.4) is 0 Å². The Bertz CT molecular complexity index is 674. The van der Waals surface area contributed by atoms with Crippen LogP contribution in [0.5, 0.6) is 0 Å². The van der Waals surface area contributed by atoms with Crippen molar-refractivity contribution in [2.45, 2.75) is 39.8 Å². The number of nitrogens with one attached hydrogen (secondary N) is 2. The molecule has 0 saturated heterocycles. The molecule has 2 N–H and O–H groups in total. The van der Waals surface area contributed by atoms with Crippen molar-refractivity contribution < 1.29 is 4.74 Å². The second kappa shape index (κ2) is 12.7. The van der Waals surface area contributed by atoms with Crippen molar-refractivity contribution in [3.63, 3.8) is 0 Å². The largest absolute Gasteiger partial charge is 0.378 e. The minimum Gasteiger partial charge on any atom is -0.378 e. The van der Waals surface area contributed by atoms with Gasteiger partial charge in [-0.1, -0.05) is 32.0 Å². The van der Waals surface area contributed by atoms with Crippen molar-refractivity contribution in [3.05, 3.63) is 42.5 Å². The number of aliphatic imine (C=N–C) groups is 1. The summed E-state index contributed by atoms with van der Waals surface area (Å²) in [7, 11) is 1.76. The van der Waals surface area contributed by atoms with Crippen molar-refractivity contribution >= 4 is 29.9 Å². The standard InChI is InChI=1S/C19H30N6O.HI/c1-5-26-17(15(2)3)11-12-21-19(20-4)22-13-18-24-23-14-25(18)16-9-7-6-8-10-16;/h6-10,14-15,17H,5,11-13H2,1-4H3,(H2,20,21,22);1H. The van der Waals surface area contributed by atoms with Crippen LogP contribution in [-0.4, -0.2) is 47.0 Å². The number of rotatable bonds is 9. The molecule has 0 saturated carbocycles. The van der Waals surface area contributed by atoms with E-state index >= 15 is 0 Å². The molecule has 0 spiro atoms. The Balaban J connectivity index is 0.00000364. The zero-order chi connectivity index (χ0) is 18.8. The molecule has 8 heteroatoms. The van der Waals surface area contributed by atoms with Crippen molar-refractivity contribution in [1.82, 2.24) is 25.4 Å². The number of benzene rings is 1. The van der Waals surface area contributed by atoms with E-state index in [1.54, 1.807) is 13.4 Å². The zero-order valence-electron chi connectivity index (χ0n) is 16.6. The highest BCUT2D eigenvalue weighted by molar-refractivity contribution is 14.0. The van der Waals surface area contributed by atoms with E-state index in [-0.39, 0.29) is 30.1 Å². The fourth-order valence-corrected chi connectivity index (χ4v) is 2.72. The van der Waals surface area contributed by atoms with Crippen LogP contribution in [-0.2, 0) is 11.3 Å². The first kappa shape index (κ1) is 23.4. The summed E-state index contributed by atoms with van der Waals surface area (Å²) in [5.74, 6) is 2.07. The molecular formula is C19H31IN6O. The number of ether oxygens (including phenoxy) is 1. The number of para-hydroxylation sites is 1. The molecule has 1 atom stereocenters. The topological polar surface area (TPSA) is 76.4 Å². The predicted molar refractivity (Wildman–Crippen MR) is 120 cm³/mol. The predicted octanol–water partition coefficient (Wildman–Crippen LogP) is 3.00. The molecule has 7 nitrogen and oxygen atoms in total. The maximum Gasteiger partial charge on any atom is 0.191 e. The normalized spacial score (nSPS) is 12.6. The molecule has 2 aromatic rings. The van der Waals surface area contributed by atoms with Gasteiger partial charge >= 0.3 is 0 Å². The quantitative estimate of drug-likeness (QED) is 0.324. The van der Waals surface area contributed by atoms with Gasteiger partial charge in [0.1, 0.15) is 6.33 Å². The number of nitrogens with zero attached hydrogens (tertiary/aromatic N) is 4. The highest BCUT2D eigenvalue weighted by Crippen LogP contribution is 2.10. The van der Waals surface area contributed by atoms with E-state index in [1.165, 1.54) is 0 Å². The van der Waals surface area contributed by atoms with Gasteiger partial charge in [0.25, 0.3) is 0 Å². The molecule has 0 aliphatic carbocycles. The van der Waals surface area contributed by atoms with Crippen LogP contribution in [0.1, 0.15) is 33.0 Å². The fraction of sp³-hybridized carbons (Fsp3) is 0.526. The number of halogens is 1. The number of hydrogen-bond donors (Lipinski definition) is 2. The summed E-state index contributed by atoms with van der Waals surface area (Å²) in [4.78, 5) is 4.27. The molecule has 1 heterocycles. The molecular weight excluding hydrogens is 455 g/mol. The van der Waals surface area contributed by atoms with Gasteiger partial charge in [-0.25, -0.2) is 0 Å². The summed E-state index contributed by atoms with van der Waals surface area (Å²) in [5, 5.41) is 14.9. The van der Waals surface area contributed by atoms with Crippen LogP contribution in [0.4, 0.5) is 0 Å². The fourth-order valence-electron chi connectivity index (χ4n) is 2.72. The average molecular weight is 486 g/mol. The Morgan fingerprint density at radius 3 is 2.59 bits per heavy atom. The SMILES string of the molecule is CCOC(CCNC(=NC)NCc1nncn1-c1ccccc1)C(C)C.I. The van der Waals surface area contributed by atoms with Gasteiger partial charge < -0.3 is 15.4 Å². The molecule has 2 rings (SSSR count). The summed E-state index contributed by atoms with van der Waals surface area (Å²) in [6.45, 7) is 8.48. The summed E-state index contributed by atoms with van der Waals surface area (Å²) < 4.78 is 7.74. The van der Waals surface area contributed by atoms with Gasteiger partial charge in [0.2, 0.25) is 0 Å². The smallest absolute Gasteiger partial charge is 0.191 e. The van der Waals surface area contributed by atoms with Gasteiger partial charge in [-0.05, 0) is 31.4 Å². The second-order valence-electron chi connectivity index (χ2n) is 6.33. The van der Waals surface area contributed by atoms with E-state index in [2.05, 4.69) is 39.7 Å². The van der Waals surface area contributed by atoms with E-state index in [9.17, 15) is 0 Å². The Hall–Kier alpha value is -1.68. The van der Waals surface area contributed by atoms with Crippen molar-refractivity contribution in [1.29, 1.82) is 0 Å². The number of aromatic nitrogens is 3. The molecule has 150 valence electrons. The van der Waals surface area contributed by atoms with E-state index in [4.69, 9.17) is 4.74 Å². The first-order valence-electron chi connectivity index (χ1n) is 9.16. The third-order valence-electron chi connectivity index (χ3n) is 4.14. The molecule has 27 heavy (non-hydrogen) atoms. The van der Waals surface area contributed by atoms with Gasteiger partial charge in [-0.15, -0.1) is 34.2 Å². The van der Waals surface area contributed by atoms with Crippen molar-refractivity contribution in [3.8, 4) is 5.69 Å². The maximum absolute atomic E-state index is 5.78. The number of hydrogen-bond acceptors (Lipinski definition) is 4. The zero-order valence-corrected chi connectivity index (χ0v) is 18.9. The third kappa shape index (κ3) is 7.45. The van der Waals surface area contributed by atoms with Crippen LogP contribution in [0.2, 0.25) is 0 Å². The first-order valence-corrected chi connectivity index (χ1v) is 9.16. The Morgan fingerprint density at radius 1 is 1.22 bits per heavy atom. The lowest BCUT2D eigenvalue weighted by Gasteiger charge is -2.21. The van der Waals surface area contributed by atoms with E-state index in [0.717, 1.165) is 37.0 Å². The van der Waals surface area contributed by atoms with Gasteiger partial charge in [0, 0.05) is 25.9 Å². The van der Waals surface area contributed by atoms with Gasteiger partial charge in [0.15, 0.2) is 11.8 Å². The third-order valence-corrected chi connectivity index (χ3v) is 4.14. The van der Waals surface area contributed by atoms with Crippen LogP contribution in [0.25, 0.3) is 5.69 Å². The minimum atomic E-state index is 0. The molecule has 1 unspecified atom stereocenters. The van der Waals surface area contributed by atoms with Gasteiger partial charge in [-0.3, -0.25) is 9.56 Å². The first-order chi connectivity index (χ1) is 12.7. The second-order valence-corrected chi connectivity index (χ2v) is 6.33. The number of guanidine groups is 1. The molecule has 1 aromatic carbocycles. The summed E-state index contributed by atoms with van der Waals surface area (Å²) in [6.07, 6.45) is 2.91. The van der Waals surface area contributed by atoms with Crippen LogP contribution in [0.15, 0.2) is 41.7 Å². The maximum atomic E-state index is 5.78. The molecule has 0 fully saturated rings. The van der Waals surface area contributed by atoms with Crippen LogP contribution >= 0.6 is 24.0 Å². The Kier molecular flexibility index (Phi) is 11.0. The minimum absolute atomic E-state index is 0. The Morgan fingerprint density at radius 2 is 1.96 bits per heavy atom. The molecule has 0 radical (unpaired) electrons. The molecule has 0 amide bonds. The van der Waals surface area contributed by atoms with Crippen molar-refractivity contribution in [2.75, 3.05) is 20.2 Å². The van der Waals surface area contributed by atoms with Gasteiger partial charge in [-0.2, -0.15) is 0 Å². The monoisotopic (exact) mass is 486 g/mol. The van der Waals surface area contributed by atoms with E-state index in [0.29, 0.717) is 12.5 Å². The van der Waals surface area contributed by atoms with Crippen LogP contribution in [0, 0.1) is 5.92 Å². The van der Waals surface area contributed by atoms with E-state index < -0.39 is 0 Å². The molecule has 0 aliphatic rings. The molecule has 0 bridgehead atoms. The van der Waals surface area contributed by atoms with Crippen molar-refractivity contribution in [2.24, 2.45) is 10.9 Å². The summed E-state index contributed by atoms with van der Waals surface area (Å²) >= 11 is 0. The average Bonchev–Trinajstić information content (AvgIpc) is 3.12. The highest BCUT2D eigenvalue weighted by Gasteiger charge is 2.13. The van der Waals surface area contributed by atoms with Crippen LogP contribution < -0.4 is 10.6 Å². The van der Waals surface area contributed by atoms with E-state index in [1.807, 2.05) is 41.8 Å². The highest BCUT2D eigenvalue weighted by atomic mass is 127. The molecule has 0 aliphatic heterocycles. The Labute approximate surface area is 179 Å².